The van der Waals surface area contributed by atoms with Crippen molar-refractivity contribution in [1.29, 1.82) is 0 Å². The zero-order valence-electron chi connectivity index (χ0n) is 9.15. The van der Waals surface area contributed by atoms with Gasteiger partial charge in [0.1, 0.15) is 8.24 Å². The van der Waals surface area contributed by atoms with E-state index >= 15 is 0 Å². The van der Waals surface area contributed by atoms with Gasteiger partial charge in [0.25, 0.3) is 0 Å². The molecule has 0 unspecified atom stereocenters. The first-order valence-electron chi connectivity index (χ1n) is 4.33. The molecule has 1 nitrogen and oxygen atoms in total. The molecule has 0 N–H and O–H groups in total. The standard InChI is InChI=1S/C8H23NSi2/c1-9(2)11(6,7)8-10(3,4)5/h8H2,1-7H3. The summed E-state index contributed by atoms with van der Waals surface area (Å²) < 4.78 is 2.46. The number of hydrogen-bond acceptors (Lipinski definition) is 1. The summed E-state index contributed by atoms with van der Waals surface area (Å²) in [5, 5.41) is 0. The van der Waals surface area contributed by atoms with Crippen molar-refractivity contribution in [2.24, 2.45) is 0 Å². The lowest BCUT2D eigenvalue weighted by Gasteiger charge is -2.35. The lowest BCUT2D eigenvalue weighted by molar-refractivity contribution is 0.624. The third-order valence-corrected chi connectivity index (χ3v) is 12.3. The van der Waals surface area contributed by atoms with Crippen LogP contribution >= 0.6 is 0 Å². The fourth-order valence-corrected chi connectivity index (χ4v) is 13.1. The van der Waals surface area contributed by atoms with Gasteiger partial charge in [-0.1, -0.05) is 32.7 Å². The van der Waals surface area contributed by atoms with E-state index in [0.29, 0.717) is 0 Å². The van der Waals surface area contributed by atoms with E-state index in [4.69, 9.17) is 0 Å². The van der Waals surface area contributed by atoms with Crippen LogP contribution in [0.15, 0.2) is 0 Å². The predicted molar refractivity (Wildman–Crippen MR) is 59.3 cm³/mol. The first kappa shape index (κ1) is 11.4. The summed E-state index contributed by atoms with van der Waals surface area (Å²) in [6.07, 6.45) is 0. The lowest BCUT2D eigenvalue weighted by Crippen LogP contribution is -2.48. The van der Waals surface area contributed by atoms with E-state index in [9.17, 15) is 0 Å². The quantitative estimate of drug-likeness (QED) is 0.617. The minimum Gasteiger partial charge on any atom is -0.329 e. The molecule has 0 radical (unpaired) electrons. The minimum absolute atomic E-state index is 0.835. The molecule has 0 aromatic carbocycles. The molecule has 0 aromatic rings. The third-order valence-electron chi connectivity index (χ3n) is 2.17. The van der Waals surface area contributed by atoms with Crippen LogP contribution in [0.25, 0.3) is 0 Å². The van der Waals surface area contributed by atoms with Crippen molar-refractivity contribution < 1.29 is 0 Å². The highest BCUT2D eigenvalue weighted by atomic mass is 28.4. The van der Waals surface area contributed by atoms with Gasteiger partial charge in [0.2, 0.25) is 0 Å². The average Bonchev–Trinajstić information content (AvgIpc) is 1.56. The zero-order valence-corrected chi connectivity index (χ0v) is 11.2. The van der Waals surface area contributed by atoms with E-state index in [2.05, 4.69) is 51.4 Å². The van der Waals surface area contributed by atoms with Crippen LogP contribution in [0.1, 0.15) is 0 Å². The smallest absolute Gasteiger partial charge is 0.119 e. The van der Waals surface area contributed by atoms with Crippen molar-refractivity contribution >= 4 is 16.3 Å². The molecular weight excluding hydrogens is 166 g/mol. The molecule has 0 bridgehead atoms. The van der Waals surface area contributed by atoms with E-state index < -0.39 is 16.3 Å². The van der Waals surface area contributed by atoms with Crippen LogP contribution in [-0.2, 0) is 0 Å². The number of hydrogen-bond donors (Lipinski definition) is 0. The normalized spacial score (nSPS) is 14.2. The van der Waals surface area contributed by atoms with Gasteiger partial charge in [0.05, 0.1) is 0 Å². The highest BCUT2D eigenvalue weighted by Gasteiger charge is 2.30. The topological polar surface area (TPSA) is 3.24 Å². The Labute approximate surface area is 73.9 Å². The molecule has 0 aliphatic rings. The summed E-state index contributed by atoms with van der Waals surface area (Å²) >= 11 is 0. The van der Waals surface area contributed by atoms with E-state index in [0.717, 1.165) is 0 Å². The summed E-state index contributed by atoms with van der Waals surface area (Å²) in [5.74, 6) is 0. The summed E-state index contributed by atoms with van der Waals surface area (Å²) in [7, 11) is 2.60. The molecule has 0 aliphatic carbocycles. The Morgan fingerprint density at radius 1 is 0.909 bits per heavy atom. The molecule has 0 heterocycles. The predicted octanol–water partition coefficient (Wildman–Crippen LogP) is 2.63. The van der Waals surface area contributed by atoms with Crippen LogP contribution in [-0.4, -0.2) is 35.0 Å². The van der Waals surface area contributed by atoms with Crippen LogP contribution in [0.3, 0.4) is 0 Å². The van der Waals surface area contributed by atoms with Gasteiger partial charge < -0.3 is 4.57 Å². The van der Waals surface area contributed by atoms with Crippen LogP contribution < -0.4 is 0 Å². The molecule has 0 aliphatic heterocycles. The van der Waals surface area contributed by atoms with E-state index in [1.165, 1.54) is 5.67 Å². The molecule has 0 fully saturated rings. The van der Waals surface area contributed by atoms with Gasteiger partial charge >= 0.3 is 0 Å². The lowest BCUT2D eigenvalue weighted by atomic mass is 11.3. The molecule has 0 saturated carbocycles. The van der Waals surface area contributed by atoms with Crippen LogP contribution in [0.4, 0.5) is 0 Å². The van der Waals surface area contributed by atoms with Gasteiger partial charge in [-0.05, 0) is 19.8 Å². The van der Waals surface area contributed by atoms with Crippen molar-refractivity contribution in [1.82, 2.24) is 4.57 Å². The van der Waals surface area contributed by atoms with Gasteiger partial charge in [-0.2, -0.15) is 0 Å². The molecule has 0 rings (SSSR count). The third kappa shape index (κ3) is 4.77. The first-order chi connectivity index (χ1) is 4.65. The minimum atomic E-state index is -1.02. The fraction of sp³-hybridized carbons (Fsp3) is 1.00. The molecule has 0 atom stereocenters. The SMILES string of the molecule is CN(C)[Si](C)(C)C[Si](C)(C)C. The van der Waals surface area contributed by atoms with Crippen molar-refractivity contribution in [3.05, 3.63) is 0 Å². The number of rotatable bonds is 3. The van der Waals surface area contributed by atoms with Crippen molar-refractivity contribution in [2.45, 2.75) is 38.4 Å². The molecule has 0 aromatic heterocycles. The largest absolute Gasteiger partial charge is 0.329 e. The van der Waals surface area contributed by atoms with Gasteiger partial charge in [0, 0.05) is 8.07 Å². The Morgan fingerprint density at radius 3 is 1.36 bits per heavy atom. The molecule has 11 heavy (non-hydrogen) atoms. The summed E-state index contributed by atoms with van der Waals surface area (Å²) in [6, 6.07) is 0. The molecule has 0 saturated heterocycles. The second kappa shape index (κ2) is 3.41. The molecule has 0 spiro atoms. The monoisotopic (exact) mass is 189 g/mol. The van der Waals surface area contributed by atoms with Crippen LogP contribution in [0.5, 0.6) is 0 Å². The second-order valence-electron chi connectivity index (χ2n) is 5.44. The first-order valence-corrected chi connectivity index (χ1v) is 11.2. The molecule has 3 heteroatoms. The maximum atomic E-state index is 2.46. The Balaban J connectivity index is 4.13. The Hall–Kier alpha value is 0.394. The molecule has 68 valence electrons. The highest BCUT2D eigenvalue weighted by molar-refractivity contribution is 6.93. The molecular formula is C8H23NSi2. The second-order valence-corrected chi connectivity index (χ2v) is 16.5. The zero-order chi connectivity index (χ0) is 9.28. The van der Waals surface area contributed by atoms with Crippen molar-refractivity contribution in [2.75, 3.05) is 14.1 Å². The summed E-state index contributed by atoms with van der Waals surface area (Å²) in [5.41, 5.74) is 1.51. The van der Waals surface area contributed by atoms with Crippen molar-refractivity contribution in [3.63, 3.8) is 0 Å². The highest BCUT2D eigenvalue weighted by Crippen LogP contribution is 2.20. The number of nitrogens with zero attached hydrogens (tertiary/aromatic N) is 1. The van der Waals surface area contributed by atoms with Crippen LogP contribution in [0, 0.1) is 0 Å². The van der Waals surface area contributed by atoms with Crippen molar-refractivity contribution in [3.8, 4) is 0 Å². The Morgan fingerprint density at radius 2 is 1.27 bits per heavy atom. The average molecular weight is 189 g/mol. The van der Waals surface area contributed by atoms with Gasteiger partial charge in [-0.25, -0.2) is 0 Å². The van der Waals surface area contributed by atoms with Gasteiger partial charge in [0.15, 0.2) is 0 Å². The maximum absolute atomic E-state index is 2.46. The van der Waals surface area contributed by atoms with Gasteiger partial charge in [-0.15, -0.1) is 0 Å². The Bertz CT molecular complexity index is 125. The van der Waals surface area contributed by atoms with Crippen LogP contribution in [0.2, 0.25) is 38.4 Å². The van der Waals surface area contributed by atoms with Gasteiger partial charge in [-0.3, -0.25) is 0 Å². The van der Waals surface area contributed by atoms with E-state index in [1.807, 2.05) is 0 Å². The summed E-state index contributed by atoms with van der Waals surface area (Å²) in [4.78, 5) is 0. The molecule has 0 amide bonds. The Kier molecular flexibility index (Phi) is 3.53. The maximum Gasteiger partial charge on any atom is 0.119 e. The van der Waals surface area contributed by atoms with E-state index in [1.54, 1.807) is 0 Å². The van der Waals surface area contributed by atoms with E-state index in [-0.39, 0.29) is 0 Å². The fourth-order valence-electron chi connectivity index (χ4n) is 1.46. The summed E-state index contributed by atoms with van der Waals surface area (Å²) in [6.45, 7) is 12.3.